The third kappa shape index (κ3) is 3.34. The highest BCUT2D eigenvalue weighted by molar-refractivity contribution is 7.90. The van der Waals surface area contributed by atoms with E-state index in [1.807, 2.05) is 12.1 Å². The fourth-order valence-electron chi connectivity index (χ4n) is 1.64. The molecule has 2 aromatic rings. The van der Waals surface area contributed by atoms with Crippen LogP contribution in [0.2, 0.25) is 5.02 Å². The van der Waals surface area contributed by atoms with Crippen molar-refractivity contribution in [3.05, 3.63) is 35.5 Å². The average Bonchev–Trinajstić information content (AvgIpc) is 2.28. The summed E-state index contributed by atoms with van der Waals surface area (Å²) in [6.07, 6.45) is 2.90. The van der Waals surface area contributed by atoms with Gasteiger partial charge in [0.2, 0.25) is 0 Å². The molecule has 0 bridgehead atoms. The van der Waals surface area contributed by atoms with Gasteiger partial charge in [-0.25, -0.2) is 8.42 Å². The molecule has 0 atom stereocenters. The fourth-order valence-corrected chi connectivity index (χ4v) is 2.29. The smallest absolute Gasteiger partial charge is 0.149 e. The first kappa shape index (κ1) is 13.1. The van der Waals surface area contributed by atoms with Crippen molar-refractivity contribution in [2.45, 2.75) is 0 Å². The zero-order valence-electron chi connectivity index (χ0n) is 9.85. The number of aromatic nitrogens is 1. The first-order valence-corrected chi connectivity index (χ1v) is 7.85. The Kier molecular flexibility index (Phi) is 3.73. The molecular weight excluding hydrogens is 272 g/mol. The zero-order valence-corrected chi connectivity index (χ0v) is 11.4. The maximum Gasteiger partial charge on any atom is 0.149 e. The molecule has 0 aliphatic rings. The molecule has 1 N–H and O–H groups in total. The van der Waals surface area contributed by atoms with Crippen molar-refractivity contribution in [1.29, 1.82) is 0 Å². The molecule has 0 amide bonds. The summed E-state index contributed by atoms with van der Waals surface area (Å²) in [4.78, 5) is 4.22. The Morgan fingerprint density at radius 2 is 2.11 bits per heavy atom. The molecule has 1 aromatic carbocycles. The molecule has 4 nitrogen and oxygen atoms in total. The molecule has 18 heavy (non-hydrogen) atoms. The van der Waals surface area contributed by atoms with Crippen molar-refractivity contribution in [1.82, 2.24) is 4.98 Å². The Labute approximate surface area is 111 Å². The van der Waals surface area contributed by atoms with Gasteiger partial charge >= 0.3 is 0 Å². The van der Waals surface area contributed by atoms with E-state index in [4.69, 9.17) is 11.6 Å². The van der Waals surface area contributed by atoms with E-state index >= 15 is 0 Å². The number of hydrogen-bond donors (Lipinski definition) is 1. The number of nitrogens with one attached hydrogen (secondary N) is 1. The van der Waals surface area contributed by atoms with Gasteiger partial charge in [0.05, 0.1) is 11.3 Å². The Hall–Kier alpha value is -1.33. The van der Waals surface area contributed by atoms with E-state index in [1.165, 1.54) is 6.26 Å². The van der Waals surface area contributed by atoms with Crippen molar-refractivity contribution in [2.24, 2.45) is 0 Å². The number of hydrogen-bond acceptors (Lipinski definition) is 4. The molecular formula is C12H13ClN2O2S. The molecule has 0 spiro atoms. The summed E-state index contributed by atoms with van der Waals surface area (Å²) in [5.41, 5.74) is 1.66. The molecule has 0 unspecified atom stereocenters. The largest absolute Gasteiger partial charge is 0.383 e. The Morgan fingerprint density at radius 1 is 1.33 bits per heavy atom. The second-order valence-electron chi connectivity index (χ2n) is 4.08. The third-order valence-electron chi connectivity index (χ3n) is 2.49. The van der Waals surface area contributed by atoms with Crippen molar-refractivity contribution >= 4 is 38.0 Å². The zero-order chi connectivity index (χ0) is 13.2. The second-order valence-corrected chi connectivity index (χ2v) is 6.77. The van der Waals surface area contributed by atoms with Crippen molar-refractivity contribution in [2.75, 3.05) is 23.9 Å². The minimum Gasteiger partial charge on any atom is -0.383 e. The lowest BCUT2D eigenvalue weighted by molar-refractivity contribution is 0.602. The maximum atomic E-state index is 11.1. The van der Waals surface area contributed by atoms with E-state index in [9.17, 15) is 8.42 Å². The van der Waals surface area contributed by atoms with Crippen LogP contribution in [0.15, 0.2) is 30.5 Å². The number of rotatable bonds is 4. The average molecular weight is 285 g/mol. The van der Waals surface area contributed by atoms with Crippen LogP contribution in [-0.4, -0.2) is 32.0 Å². The summed E-state index contributed by atoms with van der Waals surface area (Å²) >= 11 is 5.95. The Balaban J connectivity index is 2.25. The number of pyridine rings is 1. The summed E-state index contributed by atoms with van der Waals surface area (Å²) in [5.74, 6) is 0.0946. The van der Waals surface area contributed by atoms with Crippen LogP contribution in [0.4, 0.5) is 5.69 Å². The molecule has 1 heterocycles. The van der Waals surface area contributed by atoms with Crippen LogP contribution in [0, 0.1) is 0 Å². The minimum atomic E-state index is -2.96. The molecule has 0 aliphatic carbocycles. The lowest BCUT2D eigenvalue weighted by Crippen LogP contribution is -2.14. The summed E-state index contributed by atoms with van der Waals surface area (Å²) in [7, 11) is -2.96. The predicted molar refractivity (Wildman–Crippen MR) is 75.0 cm³/mol. The third-order valence-corrected chi connectivity index (χ3v) is 3.67. The minimum absolute atomic E-state index is 0.0946. The molecule has 0 fully saturated rings. The van der Waals surface area contributed by atoms with E-state index in [0.717, 1.165) is 16.6 Å². The highest BCUT2D eigenvalue weighted by atomic mass is 35.5. The summed E-state index contributed by atoms with van der Waals surface area (Å²) in [6, 6.07) is 7.23. The van der Waals surface area contributed by atoms with Crippen LogP contribution < -0.4 is 5.32 Å². The van der Waals surface area contributed by atoms with Crippen LogP contribution >= 0.6 is 11.6 Å². The first-order valence-electron chi connectivity index (χ1n) is 5.41. The van der Waals surface area contributed by atoms with E-state index in [0.29, 0.717) is 11.6 Å². The van der Waals surface area contributed by atoms with E-state index in [-0.39, 0.29) is 5.75 Å². The van der Waals surface area contributed by atoms with Gasteiger partial charge in [0, 0.05) is 35.1 Å². The van der Waals surface area contributed by atoms with Crippen molar-refractivity contribution in [3.63, 3.8) is 0 Å². The lowest BCUT2D eigenvalue weighted by atomic mass is 10.2. The maximum absolute atomic E-state index is 11.1. The number of benzene rings is 1. The summed E-state index contributed by atoms with van der Waals surface area (Å²) in [5, 5.41) is 4.61. The Morgan fingerprint density at radius 3 is 2.83 bits per heavy atom. The monoisotopic (exact) mass is 284 g/mol. The summed E-state index contributed by atoms with van der Waals surface area (Å²) in [6.45, 7) is 0.366. The number of fused-ring (bicyclic) bond motifs is 1. The van der Waals surface area contributed by atoms with Gasteiger partial charge in [-0.2, -0.15) is 0 Å². The predicted octanol–water partition coefficient (Wildman–Crippen LogP) is 2.34. The van der Waals surface area contributed by atoms with E-state index < -0.39 is 9.84 Å². The van der Waals surface area contributed by atoms with Gasteiger partial charge in [-0.3, -0.25) is 4.98 Å². The van der Waals surface area contributed by atoms with Crippen molar-refractivity contribution < 1.29 is 8.42 Å². The van der Waals surface area contributed by atoms with Crippen LogP contribution in [-0.2, 0) is 9.84 Å². The van der Waals surface area contributed by atoms with E-state index in [1.54, 1.807) is 18.3 Å². The van der Waals surface area contributed by atoms with Gasteiger partial charge in [-0.05, 0) is 24.3 Å². The van der Waals surface area contributed by atoms with Crippen LogP contribution in [0.1, 0.15) is 0 Å². The number of halogens is 1. The highest BCUT2D eigenvalue weighted by Crippen LogP contribution is 2.24. The van der Waals surface area contributed by atoms with Crippen LogP contribution in [0.5, 0.6) is 0 Å². The van der Waals surface area contributed by atoms with Gasteiger partial charge in [-0.15, -0.1) is 0 Å². The lowest BCUT2D eigenvalue weighted by Gasteiger charge is -2.09. The quantitative estimate of drug-likeness (QED) is 0.936. The number of nitrogens with zero attached hydrogens (tertiary/aromatic N) is 1. The molecule has 1 aromatic heterocycles. The van der Waals surface area contributed by atoms with Gasteiger partial charge in [0.1, 0.15) is 9.84 Å². The van der Waals surface area contributed by atoms with Crippen LogP contribution in [0.3, 0.4) is 0 Å². The highest BCUT2D eigenvalue weighted by Gasteiger charge is 2.05. The molecule has 0 saturated heterocycles. The molecule has 0 radical (unpaired) electrons. The molecule has 0 saturated carbocycles. The van der Waals surface area contributed by atoms with E-state index in [2.05, 4.69) is 10.3 Å². The standard InChI is InChI=1S/C12H13ClN2O2S/c1-18(16,17)7-6-15-12-4-5-14-11-3-2-9(13)8-10(11)12/h2-5,8H,6-7H2,1H3,(H,14,15). The van der Waals surface area contributed by atoms with Gasteiger partial charge < -0.3 is 5.32 Å². The molecule has 0 aliphatic heterocycles. The molecule has 96 valence electrons. The number of sulfone groups is 1. The summed E-state index contributed by atoms with van der Waals surface area (Å²) < 4.78 is 22.1. The van der Waals surface area contributed by atoms with Crippen molar-refractivity contribution in [3.8, 4) is 0 Å². The fraction of sp³-hybridized carbons (Fsp3) is 0.250. The molecule has 6 heteroatoms. The normalized spacial score (nSPS) is 11.7. The molecule has 2 rings (SSSR count). The van der Waals surface area contributed by atoms with Crippen LogP contribution in [0.25, 0.3) is 10.9 Å². The van der Waals surface area contributed by atoms with Gasteiger partial charge in [0.15, 0.2) is 0 Å². The number of anilines is 1. The van der Waals surface area contributed by atoms with Gasteiger partial charge in [-0.1, -0.05) is 11.6 Å². The SMILES string of the molecule is CS(=O)(=O)CCNc1ccnc2ccc(Cl)cc12. The topological polar surface area (TPSA) is 59.1 Å². The Bertz CT molecular complexity index is 671. The second kappa shape index (κ2) is 5.12. The first-order chi connectivity index (χ1) is 8.46. The van der Waals surface area contributed by atoms with Gasteiger partial charge in [0.25, 0.3) is 0 Å².